The van der Waals surface area contributed by atoms with E-state index >= 15 is 0 Å². The van der Waals surface area contributed by atoms with Crippen molar-refractivity contribution < 1.29 is 0 Å². The topological polar surface area (TPSA) is 31.4 Å². The van der Waals surface area contributed by atoms with Crippen molar-refractivity contribution >= 4 is 11.3 Å². The summed E-state index contributed by atoms with van der Waals surface area (Å²) in [5, 5.41) is 6.90. The van der Waals surface area contributed by atoms with Crippen molar-refractivity contribution in [1.82, 2.24) is 20.1 Å². The van der Waals surface area contributed by atoms with Gasteiger partial charge in [0, 0.05) is 49.7 Å². The van der Waals surface area contributed by atoms with Crippen molar-refractivity contribution in [3.63, 3.8) is 0 Å². The first-order valence-electron chi connectivity index (χ1n) is 8.23. The number of nitrogens with one attached hydrogen (secondary N) is 1. The molecular weight excluding hydrogens is 280 g/mol. The van der Waals surface area contributed by atoms with Crippen molar-refractivity contribution in [3.8, 4) is 0 Å². The lowest BCUT2D eigenvalue weighted by Crippen LogP contribution is -2.36. The molecule has 3 rings (SSSR count). The first-order chi connectivity index (χ1) is 10.1. The van der Waals surface area contributed by atoms with Crippen molar-refractivity contribution in [2.75, 3.05) is 20.1 Å². The van der Waals surface area contributed by atoms with Crippen LogP contribution in [0.5, 0.6) is 0 Å². The fourth-order valence-corrected chi connectivity index (χ4v) is 4.28. The molecule has 0 aliphatic carbocycles. The highest BCUT2D eigenvalue weighted by Gasteiger charge is 2.34. The van der Waals surface area contributed by atoms with E-state index in [2.05, 4.69) is 41.4 Å². The molecule has 1 aromatic heterocycles. The SMILES string of the molecule is CC(C)NCc1nc(CN2CCC3CCC(C2)N3C)cs1. The van der Waals surface area contributed by atoms with Crippen molar-refractivity contribution in [2.24, 2.45) is 0 Å². The first kappa shape index (κ1) is 15.4. The number of likely N-dealkylation sites (N-methyl/N-ethyl adjacent to an activating group) is 1. The molecule has 5 heteroatoms. The third-order valence-electron chi connectivity index (χ3n) is 4.88. The van der Waals surface area contributed by atoms with Crippen LogP contribution in [0.25, 0.3) is 0 Å². The van der Waals surface area contributed by atoms with Gasteiger partial charge >= 0.3 is 0 Å². The monoisotopic (exact) mass is 308 g/mol. The van der Waals surface area contributed by atoms with Gasteiger partial charge in [-0.15, -0.1) is 11.3 Å². The summed E-state index contributed by atoms with van der Waals surface area (Å²) in [4.78, 5) is 10.0. The van der Waals surface area contributed by atoms with Crippen molar-refractivity contribution in [1.29, 1.82) is 0 Å². The largest absolute Gasteiger partial charge is 0.308 e. The van der Waals surface area contributed by atoms with Gasteiger partial charge in [-0.05, 0) is 26.3 Å². The quantitative estimate of drug-likeness (QED) is 0.904. The average molecular weight is 308 g/mol. The van der Waals surface area contributed by atoms with Gasteiger partial charge in [-0.3, -0.25) is 9.80 Å². The summed E-state index contributed by atoms with van der Waals surface area (Å²) in [5.41, 5.74) is 1.25. The van der Waals surface area contributed by atoms with Crippen LogP contribution in [0, 0.1) is 0 Å². The van der Waals surface area contributed by atoms with Gasteiger partial charge in [0.25, 0.3) is 0 Å². The number of rotatable bonds is 5. The van der Waals surface area contributed by atoms with E-state index < -0.39 is 0 Å². The molecule has 21 heavy (non-hydrogen) atoms. The van der Waals surface area contributed by atoms with Crippen LogP contribution in [-0.4, -0.2) is 53.0 Å². The van der Waals surface area contributed by atoms with Crippen LogP contribution < -0.4 is 5.32 Å². The summed E-state index contributed by atoms with van der Waals surface area (Å²) >= 11 is 1.79. The van der Waals surface area contributed by atoms with E-state index in [1.165, 1.54) is 43.1 Å². The van der Waals surface area contributed by atoms with Gasteiger partial charge in [0.1, 0.15) is 5.01 Å². The molecule has 0 spiro atoms. The van der Waals surface area contributed by atoms with E-state index in [0.717, 1.165) is 25.2 Å². The van der Waals surface area contributed by atoms with Gasteiger partial charge in [0.2, 0.25) is 0 Å². The number of thiazole rings is 1. The van der Waals surface area contributed by atoms with Gasteiger partial charge in [-0.25, -0.2) is 4.98 Å². The number of aromatic nitrogens is 1. The van der Waals surface area contributed by atoms with E-state index in [4.69, 9.17) is 4.98 Å². The van der Waals surface area contributed by atoms with Crippen LogP contribution in [0.3, 0.4) is 0 Å². The molecule has 0 amide bonds. The number of fused-ring (bicyclic) bond motifs is 2. The Bertz CT molecular complexity index is 459. The van der Waals surface area contributed by atoms with Gasteiger partial charge in [-0.1, -0.05) is 13.8 Å². The van der Waals surface area contributed by atoms with E-state index in [-0.39, 0.29) is 0 Å². The number of nitrogens with zero attached hydrogens (tertiary/aromatic N) is 3. The Morgan fingerprint density at radius 1 is 1.33 bits per heavy atom. The molecule has 2 aliphatic rings. The second kappa shape index (κ2) is 6.73. The van der Waals surface area contributed by atoms with Gasteiger partial charge < -0.3 is 5.32 Å². The van der Waals surface area contributed by atoms with E-state index in [9.17, 15) is 0 Å². The molecule has 1 aromatic rings. The summed E-state index contributed by atoms with van der Waals surface area (Å²) in [7, 11) is 2.31. The van der Waals surface area contributed by atoms with E-state index in [0.29, 0.717) is 6.04 Å². The summed E-state index contributed by atoms with van der Waals surface area (Å²) in [5.74, 6) is 0. The van der Waals surface area contributed by atoms with Crippen LogP contribution >= 0.6 is 11.3 Å². The van der Waals surface area contributed by atoms with Crippen LogP contribution in [0.2, 0.25) is 0 Å². The second-order valence-electron chi connectivity index (χ2n) is 6.84. The summed E-state index contributed by atoms with van der Waals surface area (Å²) in [6, 6.07) is 2.11. The van der Waals surface area contributed by atoms with Crippen molar-refractivity contribution in [3.05, 3.63) is 16.1 Å². The standard InChI is InChI=1S/C16H28N4S/c1-12(2)17-8-16-18-13(11-21-16)9-20-7-6-14-4-5-15(10-20)19(14)3/h11-12,14-15,17H,4-10H2,1-3H3. The van der Waals surface area contributed by atoms with Crippen LogP contribution in [0.4, 0.5) is 0 Å². The highest BCUT2D eigenvalue weighted by Crippen LogP contribution is 2.29. The fraction of sp³-hybridized carbons (Fsp3) is 0.812. The van der Waals surface area contributed by atoms with E-state index in [1.54, 1.807) is 11.3 Å². The highest BCUT2D eigenvalue weighted by molar-refractivity contribution is 7.09. The molecule has 2 aliphatic heterocycles. The first-order valence-corrected chi connectivity index (χ1v) is 9.10. The van der Waals surface area contributed by atoms with Gasteiger partial charge in [0.15, 0.2) is 0 Å². The molecule has 2 fully saturated rings. The number of hydrogen-bond donors (Lipinski definition) is 1. The minimum Gasteiger partial charge on any atom is -0.308 e. The lowest BCUT2D eigenvalue weighted by molar-refractivity contribution is 0.213. The molecule has 3 heterocycles. The summed E-state index contributed by atoms with van der Waals surface area (Å²) < 4.78 is 0. The number of hydrogen-bond acceptors (Lipinski definition) is 5. The molecule has 0 aromatic carbocycles. The molecule has 2 unspecified atom stereocenters. The maximum absolute atomic E-state index is 4.79. The second-order valence-corrected chi connectivity index (χ2v) is 7.79. The molecule has 4 nitrogen and oxygen atoms in total. The highest BCUT2D eigenvalue weighted by atomic mass is 32.1. The Balaban J connectivity index is 1.54. The van der Waals surface area contributed by atoms with Crippen LogP contribution in [0.15, 0.2) is 5.38 Å². The Labute approximate surface area is 132 Å². The molecule has 0 radical (unpaired) electrons. The van der Waals surface area contributed by atoms with Gasteiger partial charge in [-0.2, -0.15) is 0 Å². The van der Waals surface area contributed by atoms with Gasteiger partial charge in [0.05, 0.1) is 5.69 Å². The average Bonchev–Trinajstić information content (AvgIpc) is 2.96. The molecule has 2 bridgehead atoms. The Hall–Kier alpha value is -0.490. The molecular formula is C16H28N4S. The van der Waals surface area contributed by atoms with Crippen LogP contribution in [0.1, 0.15) is 43.8 Å². The fourth-order valence-electron chi connectivity index (χ4n) is 3.55. The lowest BCUT2D eigenvalue weighted by Gasteiger charge is -2.25. The maximum Gasteiger partial charge on any atom is 0.107 e. The molecule has 2 saturated heterocycles. The Morgan fingerprint density at radius 3 is 2.95 bits per heavy atom. The van der Waals surface area contributed by atoms with E-state index in [1.807, 2.05) is 0 Å². The lowest BCUT2D eigenvalue weighted by atomic mass is 10.1. The number of likely N-dealkylation sites (tertiary alicyclic amines) is 1. The zero-order valence-electron chi connectivity index (χ0n) is 13.5. The minimum absolute atomic E-state index is 0.522. The predicted molar refractivity (Wildman–Crippen MR) is 88.6 cm³/mol. The Morgan fingerprint density at radius 2 is 2.14 bits per heavy atom. The van der Waals surface area contributed by atoms with Crippen LogP contribution in [-0.2, 0) is 13.1 Å². The summed E-state index contributed by atoms with van der Waals surface area (Å²) in [6.45, 7) is 8.71. The minimum atomic E-state index is 0.522. The maximum atomic E-state index is 4.79. The summed E-state index contributed by atoms with van der Waals surface area (Å²) in [6.07, 6.45) is 4.09. The molecule has 118 valence electrons. The molecule has 1 N–H and O–H groups in total. The predicted octanol–water partition coefficient (Wildman–Crippen LogP) is 2.31. The molecule has 2 atom stereocenters. The zero-order chi connectivity index (χ0) is 14.8. The van der Waals surface area contributed by atoms with Crippen molar-refractivity contribution in [2.45, 2.75) is 64.3 Å². The Kier molecular flexibility index (Phi) is 4.94. The third-order valence-corrected chi connectivity index (χ3v) is 5.78. The third kappa shape index (κ3) is 3.83. The smallest absolute Gasteiger partial charge is 0.107 e. The normalized spacial score (nSPS) is 27.4. The zero-order valence-corrected chi connectivity index (χ0v) is 14.3. The molecule has 0 saturated carbocycles.